The van der Waals surface area contributed by atoms with Gasteiger partial charge in [0.05, 0.1) is 30.9 Å². The molecule has 4 nitrogen and oxygen atoms in total. The van der Waals surface area contributed by atoms with Gasteiger partial charge in [-0.25, -0.2) is 9.37 Å². The topological polar surface area (TPSA) is 50.1 Å². The molecule has 1 heterocycles. The standard InChI is InChI=1S/C13H16FN3O/c1-2-17-9-15-7-13(17)12(8-18)16-11-5-3-4-10(14)6-11/h3-7,9,12,16,18H,2,8H2,1H3. The second-order valence-electron chi connectivity index (χ2n) is 3.99. The zero-order valence-corrected chi connectivity index (χ0v) is 10.2. The fourth-order valence-electron chi connectivity index (χ4n) is 1.88. The number of halogens is 1. The minimum Gasteiger partial charge on any atom is -0.394 e. The van der Waals surface area contributed by atoms with Crippen LogP contribution in [0.2, 0.25) is 0 Å². The SMILES string of the molecule is CCn1cncc1C(CO)Nc1cccc(F)c1. The molecule has 96 valence electrons. The van der Waals surface area contributed by atoms with Crippen molar-refractivity contribution in [1.82, 2.24) is 9.55 Å². The molecule has 0 amide bonds. The number of aryl methyl sites for hydroxylation is 1. The lowest BCUT2D eigenvalue weighted by atomic mass is 10.2. The van der Waals surface area contributed by atoms with E-state index in [1.165, 1.54) is 12.1 Å². The molecule has 0 aliphatic heterocycles. The molecular formula is C13H16FN3O. The molecular weight excluding hydrogens is 233 g/mol. The average molecular weight is 249 g/mol. The highest BCUT2D eigenvalue weighted by molar-refractivity contribution is 5.45. The number of anilines is 1. The van der Waals surface area contributed by atoms with Crippen molar-refractivity contribution in [1.29, 1.82) is 0 Å². The first-order valence-corrected chi connectivity index (χ1v) is 5.87. The number of imidazole rings is 1. The third kappa shape index (κ3) is 2.68. The van der Waals surface area contributed by atoms with Gasteiger partial charge in [0, 0.05) is 12.2 Å². The Balaban J connectivity index is 2.20. The van der Waals surface area contributed by atoms with Crippen molar-refractivity contribution in [3.8, 4) is 0 Å². The quantitative estimate of drug-likeness (QED) is 0.854. The summed E-state index contributed by atoms with van der Waals surface area (Å²) in [6, 6.07) is 5.88. The molecule has 0 fully saturated rings. The first kappa shape index (κ1) is 12.6. The van der Waals surface area contributed by atoms with Crippen LogP contribution in [0.3, 0.4) is 0 Å². The Hall–Kier alpha value is -1.88. The first-order valence-electron chi connectivity index (χ1n) is 5.87. The molecule has 1 atom stereocenters. The number of rotatable bonds is 5. The lowest BCUT2D eigenvalue weighted by molar-refractivity contribution is 0.272. The molecule has 2 rings (SSSR count). The van der Waals surface area contributed by atoms with E-state index in [9.17, 15) is 9.50 Å². The van der Waals surface area contributed by atoms with Gasteiger partial charge in [-0.05, 0) is 25.1 Å². The molecule has 0 aliphatic carbocycles. The van der Waals surface area contributed by atoms with E-state index in [1.54, 1.807) is 24.7 Å². The molecule has 0 saturated heterocycles. The van der Waals surface area contributed by atoms with E-state index in [-0.39, 0.29) is 18.5 Å². The maximum Gasteiger partial charge on any atom is 0.125 e. The molecule has 5 heteroatoms. The first-order chi connectivity index (χ1) is 8.74. The molecule has 18 heavy (non-hydrogen) atoms. The van der Waals surface area contributed by atoms with E-state index in [4.69, 9.17) is 0 Å². The molecule has 0 bridgehead atoms. The minimum atomic E-state index is -0.305. The fourth-order valence-corrected chi connectivity index (χ4v) is 1.88. The Morgan fingerprint density at radius 1 is 1.50 bits per heavy atom. The third-order valence-corrected chi connectivity index (χ3v) is 2.79. The highest BCUT2D eigenvalue weighted by Gasteiger charge is 2.14. The van der Waals surface area contributed by atoms with Crippen LogP contribution in [0.4, 0.5) is 10.1 Å². The third-order valence-electron chi connectivity index (χ3n) is 2.79. The van der Waals surface area contributed by atoms with Gasteiger partial charge in [0.1, 0.15) is 5.82 Å². The fraction of sp³-hybridized carbons (Fsp3) is 0.308. The van der Waals surface area contributed by atoms with Crippen LogP contribution in [0.1, 0.15) is 18.7 Å². The smallest absolute Gasteiger partial charge is 0.125 e. The van der Waals surface area contributed by atoms with Crippen molar-refractivity contribution >= 4 is 5.69 Å². The van der Waals surface area contributed by atoms with Crippen molar-refractivity contribution in [2.45, 2.75) is 19.5 Å². The van der Waals surface area contributed by atoms with E-state index < -0.39 is 0 Å². The predicted molar refractivity (Wildman–Crippen MR) is 67.8 cm³/mol. The monoisotopic (exact) mass is 249 g/mol. The van der Waals surface area contributed by atoms with Crippen LogP contribution in [0.5, 0.6) is 0 Å². The summed E-state index contributed by atoms with van der Waals surface area (Å²) in [6.45, 7) is 2.70. The maximum atomic E-state index is 13.1. The number of nitrogens with one attached hydrogen (secondary N) is 1. The normalized spacial score (nSPS) is 12.4. The molecule has 1 unspecified atom stereocenters. The lowest BCUT2D eigenvalue weighted by Gasteiger charge is -2.18. The Morgan fingerprint density at radius 2 is 2.33 bits per heavy atom. The molecule has 1 aromatic carbocycles. The van der Waals surface area contributed by atoms with Crippen molar-refractivity contribution in [2.24, 2.45) is 0 Å². The average Bonchev–Trinajstić information content (AvgIpc) is 2.84. The molecule has 2 aromatic rings. The second-order valence-corrected chi connectivity index (χ2v) is 3.99. The molecule has 0 radical (unpaired) electrons. The number of hydrogen-bond acceptors (Lipinski definition) is 3. The van der Waals surface area contributed by atoms with Gasteiger partial charge in [-0.15, -0.1) is 0 Å². The largest absolute Gasteiger partial charge is 0.394 e. The van der Waals surface area contributed by atoms with Crippen LogP contribution in [0.25, 0.3) is 0 Å². The minimum absolute atomic E-state index is 0.0811. The summed E-state index contributed by atoms with van der Waals surface area (Å²) in [5.74, 6) is -0.305. The van der Waals surface area contributed by atoms with Crippen molar-refractivity contribution < 1.29 is 9.50 Å². The summed E-state index contributed by atoms with van der Waals surface area (Å²) in [4.78, 5) is 4.06. The number of aliphatic hydroxyl groups is 1. The Morgan fingerprint density at radius 3 is 3.00 bits per heavy atom. The summed E-state index contributed by atoms with van der Waals surface area (Å²) < 4.78 is 15.0. The van der Waals surface area contributed by atoms with Crippen LogP contribution in [0.15, 0.2) is 36.8 Å². The number of nitrogens with zero attached hydrogens (tertiary/aromatic N) is 2. The van der Waals surface area contributed by atoms with E-state index in [2.05, 4.69) is 10.3 Å². The molecule has 0 aliphatic rings. The van der Waals surface area contributed by atoms with E-state index >= 15 is 0 Å². The summed E-state index contributed by atoms with van der Waals surface area (Å²) in [7, 11) is 0. The molecule has 2 N–H and O–H groups in total. The predicted octanol–water partition coefficient (Wildman–Crippen LogP) is 2.19. The lowest BCUT2D eigenvalue weighted by Crippen LogP contribution is -2.18. The van der Waals surface area contributed by atoms with Gasteiger partial charge >= 0.3 is 0 Å². The Labute approximate surface area is 105 Å². The van der Waals surface area contributed by atoms with Crippen LogP contribution in [-0.4, -0.2) is 21.3 Å². The van der Waals surface area contributed by atoms with Crippen molar-refractivity contribution in [3.63, 3.8) is 0 Å². The number of aromatic nitrogens is 2. The Bertz CT molecular complexity index is 512. The van der Waals surface area contributed by atoms with Gasteiger partial charge in [0.25, 0.3) is 0 Å². The van der Waals surface area contributed by atoms with Crippen LogP contribution in [0, 0.1) is 5.82 Å². The summed E-state index contributed by atoms with van der Waals surface area (Å²) in [5, 5.41) is 12.5. The molecule has 0 spiro atoms. The van der Waals surface area contributed by atoms with Crippen LogP contribution < -0.4 is 5.32 Å². The summed E-state index contributed by atoms with van der Waals surface area (Å²) in [5.41, 5.74) is 1.52. The summed E-state index contributed by atoms with van der Waals surface area (Å²) >= 11 is 0. The summed E-state index contributed by atoms with van der Waals surface area (Å²) in [6.07, 6.45) is 3.42. The van der Waals surface area contributed by atoms with Gasteiger partial charge in [-0.1, -0.05) is 6.07 Å². The zero-order valence-electron chi connectivity index (χ0n) is 10.2. The highest BCUT2D eigenvalue weighted by Crippen LogP contribution is 2.19. The second kappa shape index (κ2) is 5.64. The number of benzene rings is 1. The van der Waals surface area contributed by atoms with Gasteiger partial charge < -0.3 is 15.0 Å². The van der Waals surface area contributed by atoms with Crippen molar-refractivity contribution in [3.05, 3.63) is 48.3 Å². The maximum absolute atomic E-state index is 13.1. The van der Waals surface area contributed by atoms with Gasteiger partial charge in [-0.3, -0.25) is 0 Å². The highest BCUT2D eigenvalue weighted by atomic mass is 19.1. The Kier molecular flexibility index (Phi) is 3.94. The zero-order chi connectivity index (χ0) is 13.0. The number of aliphatic hydroxyl groups excluding tert-OH is 1. The molecule has 0 saturated carbocycles. The number of hydrogen-bond donors (Lipinski definition) is 2. The van der Waals surface area contributed by atoms with E-state index in [1.807, 2.05) is 11.5 Å². The molecule has 1 aromatic heterocycles. The van der Waals surface area contributed by atoms with Gasteiger partial charge in [0.2, 0.25) is 0 Å². The van der Waals surface area contributed by atoms with Crippen LogP contribution >= 0.6 is 0 Å². The van der Waals surface area contributed by atoms with Gasteiger partial charge in [-0.2, -0.15) is 0 Å². The van der Waals surface area contributed by atoms with E-state index in [0.717, 1.165) is 12.2 Å². The van der Waals surface area contributed by atoms with E-state index in [0.29, 0.717) is 5.69 Å². The van der Waals surface area contributed by atoms with Crippen molar-refractivity contribution in [2.75, 3.05) is 11.9 Å². The van der Waals surface area contributed by atoms with Crippen LogP contribution in [-0.2, 0) is 6.54 Å². The van der Waals surface area contributed by atoms with Gasteiger partial charge in [0.15, 0.2) is 0 Å².